The van der Waals surface area contributed by atoms with Crippen molar-refractivity contribution >= 4 is 23.1 Å². The van der Waals surface area contributed by atoms with E-state index in [0.29, 0.717) is 6.04 Å². The van der Waals surface area contributed by atoms with Crippen LogP contribution in [-0.4, -0.2) is 51.0 Å². The standard InChI is InChI=1S/C18H20F3N5.C5H5F3N4/c1-11-8-16(25-17(23-11)18(19,20)21)24-13-2-3-14-12(9-13)4-6-26-7-5-22-10-15(14)26;6-5(7,8)4-11-2(9)1-3(10)12-4/h2-3,8-9,15,22H,4-7,10H2,1H3,(H,23,24,25);1H,(H4,9,10,11,12)/t15-;/m0./s1. The number of halogens is 6. The molecule has 0 saturated carbocycles. The normalized spacial score (nSPS) is 17.6. The maximum absolute atomic E-state index is 12.9. The number of piperazine rings is 1. The summed E-state index contributed by atoms with van der Waals surface area (Å²) in [6.07, 6.45) is -8.23. The van der Waals surface area contributed by atoms with Crippen LogP contribution in [-0.2, 0) is 18.8 Å². The third-order valence-electron chi connectivity index (χ3n) is 5.92. The molecule has 0 aliphatic carbocycles. The van der Waals surface area contributed by atoms with Crippen LogP contribution in [0.3, 0.4) is 0 Å². The minimum atomic E-state index is -4.61. The molecule has 0 radical (unpaired) electrons. The molecule has 0 bridgehead atoms. The summed E-state index contributed by atoms with van der Waals surface area (Å²) in [7, 11) is 0. The molecule has 1 fully saturated rings. The van der Waals surface area contributed by atoms with Crippen LogP contribution in [0.25, 0.3) is 0 Å². The summed E-state index contributed by atoms with van der Waals surface area (Å²) in [5, 5.41) is 6.42. The van der Waals surface area contributed by atoms with Crippen molar-refractivity contribution in [3.05, 3.63) is 58.8 Å². The van der Waals surface area contributed by atoms with Crippen LogP contribution in [0.4, 0.5) is 49.5 Å². The van der Waals surface area contributed by atoms with E-state index in [1.165, 1.54) is 24.1 Å². The number of nitrogens with zero attached hydrogens (tertiary/aromatic N) is 5. The highest BCUT2D eigenvalue weighted by atomic mass is 19.4. The third-order valence-corrected chi connectivity index (χ3v) is 5.92. The van der Waals surface area contributed by atoms with Crippen molar-refractivity contribution in [2.75, 3.05) is 43.0 Å². The number of hydrogen-bond donors (Lipinski definition) is 4. The maximum atomic E-state index is 12.9. The first-order chi connectivity index (χ1) is 17.8. The van der Waals surface area contributed by atoms with E-state index in [1.807, 2.05) is 12.1 Å². The maximum Gasteiger partial charge on any atom is 0.451 e. The largest absolute Gasteiger partial charge is 0.451 e. The summed E-state index contributed by atoms with van der Waals surface area (Å²) in [5.41, 5.74) is 13.6. The number of hydrogen-bond acceptors (Lipinski definition) is 9. The zero-order chi connectivity index (χ0) is 27.7. The molecule has 0 spiro atoms. The zero-order valence-electron chi connectivity index (χ0n) is 20.2. The minimum absolute atomic E-state index is 0.154. The number of fused-ring (bicyclic) bond motifs is 3. The number of nitrogens with two attached hydrogens (primary N) is 2. The lowest BCUT2D eigenvalue weighted by Crippen LogP contribution is -2.48. The van der Waals surface area contributed by atoms with E-state index in [-0.39, 0.29) is 23.1 Å². The second-order valence-electron chi connectivity index (χ2n) is 8.80. The van der Waals surface area contributed by atoms with Gasteiger partial charge in [-0.25, -0.2) is 19.9 Å². The molecule has 0 amide bonds. The van der Waals surface area contributed by atoms with Crippen molar-refractivity contribution in [1.82, 2.24) is 30.2 Å². The van der Waals surface area contributed by atoms with Crippen LogP contribution in [0, 0.1) is 6.92 Å². The summed E-state index contributed by atoms with van der Waals surface area (Å²) in [6, 6.07) is 8.93. The number of anilines is 4. The molecule has 38 heavy (non-hydrogen) atoms. The van der Waals surface area contributed by atoms with Gasteiger partial charge in [-0.15, -0.1) is 0 Å². The van der Waals surface area contributed by atoms with E-state index < -0.39 is 24.0 Å². The van der Waals surface area contributed by atoms with Crippen molar-refractivity contribution in [2.45, 2.75) is 31.7 Å². The molecule has 1 saturated heterocycles. The number of alkyl halides is 6. The molecule has 0 unspecified atom stereocenters. The molecule has 1 aromatic carbocycles. The first-order valence-corrected chi connectivity index (χ1v) is 11.5. The molecular formula is C23H25F6N9. The van der Waals surface area contributed by atoms with Gasteiger partial charge >= 0.3 is 12.4 Å². The lowest BCUT2D eigenvalue weighted by Gasteiger charge is -2.41. The molecule has 2 aliphatic heterocycles. The molecule has 3 aromatic rings. The lowest BCUT2D eigenvalue weighted by atomic mass is 9.91. The van der Waals surface area contributed by atoms with Gasteiger partial charge in [0.2, 0.25) is 11.6 Å². The van der Waals surface area contributed by atoms with E-state index in [2.05, 4.69) is 41.5 Å². The summed E-state index contributed by atoms with van der Waals surface area (Å²) in [6.45, 7) is 5.53. The SMILES string of the molecule is Cc1cc(Nc2ccc3c(c2)CCN2CCNC[C@@H]32)nc(C(F)(F)F)n1.Nc1cc(N)nc(C(F)(F)F)n1. The zero-order valence-corrected chi connectivity index (χ0v) is 20.2. The number of benzene rings is 1. The number of aromatic nitrogens is 4. The van der Waals surface area contributed by atoms with E-state index in [1.54, 1.807) is 0 Å². The molecule has 9 nitrogen and oxygen atoms in total. The Bertz CT molecular complexity index is 1280. The summed E-state index contributed by atoms with van der Waals surface area (Å²) in [5.74, 6) is -2.88. The van der Waals surface area contributed by atoms with Crippen molar-refractivity contribution in [3.8, 4) is 0 Å². The summed E-state index contributed by atoms with van der Waals surface area (Å²) in [4.78, 5) is 15.5. The molecule has 5 rings (SSSR count). The lowest BCUT2D eigenvalue weighted by molar-refractivity contribution is -0.145. The van der Waals surface area contributed by atoms with Gasteiger partial charge in [0, 0.05) is 55.7 Å². The average molecular weight is 542 g/mol. The monoisotopic (exact) mass is 541 g/mol. The fourth-order valence-electron chi connectivity index (χ4n) is 4.33. The van der Waals surface area contributed by atoms with Crippen molar-refractivity contribution in [1.29, 1.82) is 0 Å². The van der Waals surface area contributed by atoms with Gasteiger partial charge in [-0.05, 0) is 36.6 Å². The summed E-state index contributed by atoms with van der Waals surface area (Å²) < 4.78 is 74.5. The Kier molecular flexibility index (Phi) is 7.60. The van der Waals surface area contributed by atoms with Crippen LogP contribution < -0.4 is 22.1 Å². The molecule has 2 aliphatic rings. The number of aryl methyl sites for hydroxylation is 1. The molecule has 2 aromatic heterocycles. The van der Waals surface area contributed by atoms with Crippen molar-refractivity contribution in [3.63, 3.8) is 0 Å². The fraction of sp³-hybridized carbons (Fsp3) is 0.391. The highest BCUT2D eigenvalue weighted by Gasteiger charge is 2.36. The molecule has 15 heteroatoms. The van der Waals surface area contributed by atoms with Gasteiger partial charge in [-0.1, -0.05) is 6.07 Å². The minimum Gasteiger partial charge on any atom is -0.384 e. The number of nitrogen functional groups attached to an aromatic ring is 2. The Hall–Kier alpha value is -3.72. The second-order valence-corrected chi connectivity index (χ2v) is 8.80. The Morgan fingerprint density at radius 3 is 2.21 bits per heavy atom. The van der Waals surface area contributed by atoms with Crippen molar-refractivity contribution < 1.29 is 26.3 Å². The van der Waals surface area contributed by atoms with E-state index >= 15 is 0 Å². The first-order valence-electron chi connectivity index (χ1n) is 11.5. The van der Waals surface area contributed by atoms with Gasteiger partial charge in [0.1, 0.15) is 17.5 Å². The topological polar surface area (TPSA) is 131 Å². The highest BCUT2D eigenvalue weighted by Crippen LogP contribution is 2.33. The van der Waals surface area contributed by atoms with Gasteiger partial charge < -0.3 is 22.1 Å². The van der Waals surface area contributed by atoms with Gasteiger partial charge in [-0.2, -0.15) is 26.3 Å². The van der Waals surface area contributed by atoms with Crippen LogP contribution in [0.1, 0.15) is 34.5 Å². The van der Waals surface area contributed by atoms with Gasteiger partial charge in [0.15, 0.2) is 0 Å². The van der Waals surface area contributed by atoms with E-state index in [4.69, 9.17) is 11.5 Å². The molecule has 1 atom stereocenters. The second kappa shape index (κ2) is 10.6. The van der Waals surface area contributed by atoms with Crippen LogP contribution in [0.5, 0.6) is 0 Å². The Labute approximate surface area is 213 Å². The van der Waals surface area contributed by atoms with Crippen molar-refractivity contribution in [2.24, 2.45) is 0 Å². The highest BCUT2D eigenvalue weighted by molar-refractivity contribution is 5.59. The van der Waals surface area contributed by atoms with E-state index in [9.17, 15) is 26.3 Å². The molecule has 4 heterocycles. The molecular weight excluding hydrogens is 516 g/mol. The summed E-state index contributed by atoms with van der Waals surface area (Å²) >= 11 is 0. The van der Waals surface area contributed by atoms with Crippen LogP contribution in [0.2, 0.25) is 0 Å². The Balaban J connectivity index is 0.000000236. The third kappa shape index (κ3) is 6.58. The predicted molar refractivity (Wildman–Crippen MR) is 128 cm³/mol. The number of nitrogens with one attached hydrogen (secondary N) is 2. The fourth-order valence-corrected chi connectivity index (χ4v) is 4.33. The van der Waals surface area contributed by atoms with Gasteiger partial charge in [0.25, 0.3) is 0 Å². The van der Waals surface area contributed by atoms with Crippen LogP contribution in [0.15, 0.2) is 30.3 Å². The molecule has 6 N–H and O–H groups in total. The van der Waals surface area contributed by atoms with Gasteiger partial charge in [0.05, 0.1) is 0 Å². The quantitative estimate of drug-likeness (QED) is 0.359. The van der Waals surface area contributed by atoms with Crippen LogP contribution >= 0.6 is 0 Å². The number of rotatable bonds is 2. The first kappa shape index (κ1) is 27.3. The van der Waals surface area contributed by atoms with E-state index in [0.717, 1.165) is 44.4 Å². The smallest absolute Gasteiger partial charge is 0.384 e. The molecule has 204 valence electrons. The predicted octanol–water partition coefficient (Wildman–Crippen LogP) is 3.71. The van der Waals surface area contributed by atoms with Gasteiger partial charge in [-0.3, -0.25) is 4.90 Å². The Morgan fingerprint density at radius 1 is 0.895 bits per heavy atom. The average Bonchev–Trinajstić information content (AvgIpc) is 2.82. The Morgan fingerprint density at radius 2 is 1.55 bits per heavy atom.